The van der Waals surface area contributed by atoms with Crippen LogP contribution in [0.5, 0.6) is 0 Å². The Hall–Kier alpha value is -0.860. The quantitative estimate of drug-likeness (QED) is 0.672. The van der Waals surface area contributed by atoms with Crippen LogP contribution in [-0.4, -0.2) is 17.8 Å². The van der Waals surface area contributed by atoms with E-state index in [2.05, 4.69) is 26.0 Å². The third-order valence-electron chi connectivity index (χ3n) is 2.14. The van der Waals surface area contributed by atoms with Crippen molar-refractivity contribution >= 4 is 0 Å². The Bertz CT molecular complexity index is 261. The van der Waals surface area contributed by atoms with Crippen molar-refractivity contribution in [2.75, 3.05) is 6.61 Å². The molecular weight excluding hydrogens is 162 g/mol. The monoisotopic (exact) mass is 179 g/mol. The highest BCUT2D eigenvalue weighted by atomic mass is 16.3. The van der Waals surface area contributed by atoms with Gasteiger partial charge in [-0.2, -0.15) is 0 Å². The summed E-state index contributed by atoms with van der Waals surface area (Å²) in [5.41, 5.74) is 6.76. The van der Waals surface area contributed by atoms with Crippen molar-refractivity contribution in [3.05, 3.63) is 36.0 Å². The summed E-state index contributed by atoms with van der Waals surface area (Å²) in [5.74, 6) is 0. The van der Waals surface area contributed by atoms with E-state index >= 15 is 0 Å². The predicted octanol–water partition coefficient (Wildman–Crippen LogP) is 1.38. The normalized spacial score (nSPS) is 22.3. The van der Waals surface area contributed by atoms with E-state index in [1.807, 2.05) is 18.2 Å². The molecule has 0 fully saturated rings. The van der Waals surface area contributed by atoms with Crippen molar-refractivity contribution in [3.8, 4) is 0 Å². The van der Waals surface area contributed by atoms with E-state index < -0.39 is 0 Å². The Morgan fingerprint density at radius 2 is 2.15 bits per heavy atom. The Morgan fingerprint density at radius 3 is 2.77 bits per heavy atom. The molecule has 0 bridgehead atoms. The van der Waals surface area contributed by atoms with Gasteiger partial charge in [-0.05, 0) is 5.57 Å². The summed E-state index contributed by atoms with van der Waals surface area (Å²) in [7, 11) is 0. The van der Waals surface area contributed by atoms with Crippen LogP contribution in [0.2, 0.25) is 0 Å². The summed E-state index contributed by atoms with van der Waals surface area (Å²) >= 11 is 0. The molecule has 0 heterocycles. The van der Waals surface area contributed by atoms with Gasteiger partial charge < -0.3 is 10.8 Å². The molecule has 1 unspecified atom stereocenters. The van der Waals surface area contributed by atoms with E-state index in [1.165, 1.54) is 0 Å². The van der Waals surface area contributed by atoms with Crippen molar-refractivity contribution in [2.24, 2.45) is 11.1 Å². The molecule has 0 aromatic carbocycles. The molecule has 0 aromatic rings. The smallest absolute Gasteiger partial charge is 0.0624 e. The number of aliphatic hydroxyl groups excluding tert-OH is 1. The van der Waals surface area contributed by atoms with Crippen LogP contribution in [0.1, 0.15) is 13.8 Å². The minimum absolute atomic E-state index is 0.00948. The van der Waals surface area contributed by atoms with Gasteiger partial charge in [0.15, 0.2) is 0 Å². The lowest BCUT2D eigenvalue weighted by Crippen LogP contribution is -2.25. The number of aliphatic hydroxyl groups is 1. The molecular formula is C11H17NO. The molecule has 1 atom stereocenters. The standard InChI is InChI=1S/C11H17NO/c1-11(2)6-3-4-9(5-7-11)10(12)8-13/h3-7,10,13H,8,12H2,1-2H3. The zero-order valence-corrected chi connectivity index (χ0v) is 8.20. The van der Waals surface area contributed by atoms with E-state index in [0.29, 0.717) is 0 Å². The molecule has 0 saturated carbocycles. The van der Waals surface area contributed by atoms with Crippen molar-refractivity contribution < 1.29 is 5.11 Å². The van der Waals surface area contributed by atoms with Crippen LogP contribution in [0.3, 0.4) is 0 Å². The molecule has 0 amide bonds. The van der Waals surface area contributed by atoms with Gasteiger partial charge >= 0.3 is 0 Å². The first kappa shape index (κ1) is 10.2. The molecule has 0 aromatic heterocycles. The fraction of sp³-hybridized carbons (Fsp3) is 0.455. The number of hydrogen-bond donors (Lipinski definition) is 2. The summed E-state index contributed by atoms with van der Waals surface area (Å²) in [6.07, 6.45) is 10.1. The van der Waals surface area contributed by atoms with Gasteiger partial charge in [-0.15, -0.1) is 0 Å². The molecule has 1 aliphatic carbocycles. The predicted molar refractivity (Wildman–Crippen MR) is 55.2 cm³/mol. The first-order valence-electron chi connectivity index (χ1n) is 4.50. The lowest BCUT2D eigenvalue weighted by Gasteiger charge is -2.13. The molecule has 0 radical (unpaired) electrons. The number of allylic oxidation sites excluding steroid dienone is 4. The molecule has 1 rings (SSSR count). The Morgan fingerprint density at radius 1 is 1.46 bits per heavy atom. The highest BCUT2D eigenvalue weighted by molar-refractivity contribution is 5.34. The van der Waals surface area contributed by atoms with Crippen LogP contribution in [0.4, 0.5) is 0 Å². The summed E-state index contributed by atoms with van der Waals surface area (Å²) in [4.78, 5) is 0. The van der Waals surface area contributed by atoms with E-state index in [1.54, 1.807) is 0 Å². The van der Waals surface area contributed by atoms with Crippen LogP contribution in [-0.2, 0) is 0 Å². The molecule has 13 heavy (non-hydrogen) atoms. The Labute approximate surface area is 79.4 Å². The van der Waals surface area contributed by atoms with Crippen LogP contribution in [0, 0.1) is 5.41 Å². The average Bonchev–Trinajstić information content (AvgIpc) is 2.25. The average molecular weight is 179 g/mol. The van der Waals surface area contributed by atoms with Gasteiger partial charge in [0.1, 0.15) is 0 Å². The molecule has 0 aliphatic heterocycles. The first-order valence-corrected chi connectivity index (χ1v) is 4.50. The van der Waals surface area contributed by atoms with Gasteiger partial charge in [0.25, 0.3) is 0 Å². The van der Waals surface area contributed by atoms with Gasteiger partial charge in [-0.3, -0.25) is 0 Å². The highest BCUT2D eigenvalue weighted by Crippen LogP contribution is 2.23. The van der Waals surface area contributed by atoms with Crippen molar-refractivity contribution in [2.45, 2.75) is 19.9 Å². The third-order valence-corrected chi connectivity index (χ3v) is 2.14. The SMILES string of the molecule is CC1(C)C=CC=C(C(N)CO)C=C1. The van der Waals surface area contributed by atoms with Crippen molar-refractivity contribution in [1.82, 2.24) is 0 Å². The van der Waals surface area contributed by atoms with Crippen LogP contribution in [0.15, 0.2) is 36.0 Å². The summed E-state index contributed by atoms with van der Waals surface area (Å²) in [5, 5.41) is 8.89. The molecule has 72 valence electrons. The van der Waals surface area contributed by atoms with Crippen LogP contribution in [0.25, 0.3) is 0 Å². The second-order valence-electron chi connectivity index (χ2n) is 3.97. The zero-order chi connectivity index (χ0) is 9.90. The lowest BCUT2D eigenvalue weighted by molar-refractivity contribution is 0.281. The fourth-order valence-corrected chi connectivity index (χ4v) is 1.18. The highest BCUT2D eigenvalue weighted by Gasteiger charge is 2.12. The number of hydrogen-bond acceptors (Lipinski definition) is 2. The molecule has 2 heteroatoms. The van der Waals surface area contributed by atoms with Crippen LogP contribution >= 0.6 is 0 Å². The Kier molecular flexibility index (Phi) is 3.07. The maximum Gasteiger partial charge on any atom is 0.0624 e. The zero-order valence-electron chi connectivity index (χ0n) is 8.20. The fourth-order valence-electron chi connectivity index (χ4n) is 1.18. The van der Waals surface area contributed by atoms with Gasteiger partial charge in [0, 0.05) is 5.41 Å². The van der Waals surface area contributed by atoms with Crippen LogP contribution < -0.4 is 5.73 Å². The van der Waals surface area contributed by atoms with E-state index in [-0.39, 0.29) is 18.1 Å². The van der Waals surface area contributed by atoms with E-state index in [9.17, 15) is 0 Å². The molecule has 0 saturated heterocycles. The number of rotatable bonds is 2. The summed E-state index contributed by atoms with van der Waals surface area (Å²) in [6, 6.07) is -0.269. The van der Waals surface area contributed by atoms with E-state index in [0.717, 1.165) is 5.57 Å². The molecule has 1 aliphatic rings. The minimum Gasteiger partial charge on any atom is -0.394 e. The maximum atomic E-state index is 8.89. The molecule has 0 spiro atoms. The Balaban J connectivity index is 2.82. The largest absolute Gasteiger partial charge is 0.394 e. The second-order valence-corrected chi connectivity index (χ2v) is 3.97. The topological polar surface area (TPSA) is 46.2 Å². The van der Waals surface area contributed by atoms with Gasteiger partial charge in [0.2, 0.25) is 0 Å². The molecule has 3 N–H and O–H groups in total. The van der Waals surface area contributed by atoms with Gasteiger partial charge in [-0.1, -0.05) is 44.2 Å². The lowest BCUT2D eigenvalue weighted by atomic mass is 9.93. The van der Waals surface area contributed by atoms with Crippen molar-refractivity contribution in [3.63, 3.8) is 0 Å². The van der Waals surface area contributed by atoms with Crippen molar-refractivity contribution in [1.29, 1.82) is 0 Å². The first-order chi connectivity index (χ1) is 6.05. The third kappa shape index (κ3) is 2.83. The maximum absolute atomic E-state index is 8.89. The number of nitrogens with two attached hydrogens (primary N) is 1. The van der Waals surface area contributed by atoms with E-state index in [4.69, 9.17) is 10.8 Å². The minimum atomic E-state index is -0.269. The van der Waals surface area contributed by atoms with Gasteiger partial charge in [0.05, 0.1) is 12.6 Å². The summed E-state index contributed by atoms with van der Waals surface area (Å²) < 4.78 is 0. The second kappa shape index (κ2) is 3.90. The molecule has 2 nitrogen and oxygen atoms in total. The van der Waals surface area contributed by atoms with Gasteiger partial charge in [-0.25, -0.2) is 0 Å². The summed E-state index contributed by atoms with van der Waals surface area (Å²) in [6.45, 7) is 4.24.